The van der Waals surface area contributed by atoms with E-state index in [0.717, 1.165) is 33.2 Å². The number of hydrogen-bond acceptors (Lipinski definition) is 2. The van der Waals surface area contributed by atoms with Crippen molar-refractivity contribution in [3.63, 3.8) is 0 Å². The summed E-state index contributed by atoms with van der Waals surface area (Å²) in [4.78, 5) is 9.19. The van der Waals surface area contributed by atoms with Gasteiger partial charge in [-0.05, 0) is 72.7 Å². The molecule has 0 radical (unpaired) electrons. The Hall–Kier alpha value is -2.97. The minimum atomic E-state index is 0.466. The Morgan fingerprint density at radius 1 is 0.697 bits per heavy atom. The lowest BCUT2D eigenvalue weighted by Gasteiger charge is -2.10. The van der Waals surface area contributed by atoms with Gasteiger partial charge in [0.1, 0.15) is 0 Å². The smallest absolute Gasteiger partial charge is 0.0708 e. The standard InChI is InChI=1S/C16H19N.C14H14ClN/c1-11(2)15-9-6-10-16(17-15)14-8-5-7-12(3)13(14)4;1-10(2)14-7-6-12(9-16-14)11-4-3-5-13(15)8-11/h5-11H,1-4H3;3-10H,1-2H3. The first-order chi connectivity index (χ1) is 15.8. The molecule has 33 heavy (non-hydrogen) atoms. The second-order valence-electron chi connectivity index (χ2n) is 8.99. The monoisotopic (exact) mass is 456 g/mol. The first-order valence-electron chi connectivity index (χ1n) is 11.5. The van der Waals surface area contributed by atoms with Crippen molar-refractivity contribution >= 4 is 11.6 Å². The number of aryl methyl sites for hydroxylation is 1. The number of benzene rings is 2. The van der Waals surface area contributed by atoms with Gasteiger partial charge in [0, 0.05) is 33.7 Å². The Kier molecular flexibility index (Phi) is 8.41. The Morgan fingerprint density at radius 2 is 1.39 bits per heavy atom. The van der Waals surface area contributed by atoms with Gasteiger partial charge in [-0.25, -0.2) is 0 Å². The Labute approximate surface area is 203 Å². The number of halogens is 1. The molecule has 2 nitrogen and oxygen atoms in total. The van der Waals surface area contributed by atoms with E-state index in [1.54, 1.807) is 0 Å². The van der Waals surface area contributed by atoms with Gasteiger partial charge in [0.25, 0.3) is 0 Å². The molecular weight excluding hydrogens is 424 g/mol. The highest BCUT2D eigenvalue weighted by Crippen LogP contribution is 2.25. The fourth-order valence-corrected chi connectivity index (χ4v) is 3.73. The topological polar surface area (TPSA) is 25.8 Å². The van der Waals surface area contributed by atoms with Gasteiger partial charge < -0.3 is 0 Å². The van der Waals surface area contributed by atoms with E-state index in [1.165, 1.54) is 16.7 Å². The molecule has 0 saturated heterocycles. The van der Waals surface area contributed by atoms with E-state index in [0.29, 0.717) is 11.8 Å². The Balaban J connectivity index is 0.000000186. The van der Waals surface area contributed by atoms with Gasteiger partial charge >= 0.3 is 0 Å². The molecule has 2 aromatic heterocycles. The van der Waals surface area contributed by atoms with Gasteiger partial charge in [0.05, 0.1) is 5.69 Å². The molecule has 0 aliphatic rings. The zero-order valence-corrected chi connectivity index (χ0v) is 21.2. The van der Waals surface area contributed by atoms with Crippen LogP contribution in [0.5, 0.6) is 0 Å². The molecule has 0 unspecified atom stereocenters. The molecule has 0 saturated carbocycles. The van der Waals surface area contributed by atoms with Crippen molar-refractivity contribution < 1.29 is 0 Å². The molecule has 0 fully saturated rings. The van der Waals surface area contributed by atoms with Gasteiger partial charge in [-0.2, -0.15) is 0 Å². The number of nitrogens with zero attached hydrogens (tertiary/aromatic N) is 2. The molecule has 0 spiro atoms. The lowest BCUT2D eigenvalue weighted by molar-refractivity contribution is 0.823. The fraction of sp³-hybridized carbons (Fsp3) is 0.267. The van der Waals surface area contributed by atoms with E-state index >= 15 is 0 Å². The molecule has 0 amide bonds. The molecule has 2 aromatic carbocycles. The largest absolute Gasteiger partial charge is 0.260 e. The van der Waals surface area contributed by atoms with Crippen molar-refractivity contribution in [3.05, 3.63) is 107 Å². The summed E-state index contributed by atoms with van der Waals surface area (Å²) in [5.41, 5.74) is 9.45. The average molecular weight is 457 g/mol. The molecule has 0 N–H and O–H groups in total. The van der Waals surface area contributed by atoms with Crippen molar-refractivity contribution in [2.45, 2.75) is 53.4 Å². The lowest BCUT2D eigenvalue weighted by atomic mass is 10.00. The van der Waals surface area contributed by atoms with Crippen LogP contribution in [-0.2, 0) is 0 Å². The quantitative estimate of drug-likeness (QED) is 0.306. The number of pyridine rings is 2. The molecule has 4 rings (SSSR count). The second-order valence-corrected chi connectivity index (χ2v) is 9.42. The third-order valence-electron chi connectivity index (χ3n) is 5.78. The second kappa shape index (κ2) is 11.2. The molecule has 3 heteroatoms. The Morgan fingerprint density at radius 3 is 2.03 bits per heavy atom. The van der Waals surface area contributed by atoms with Crippen LogP contribution in [0.25, 0.3) is 22.4 Å². The molecule has 0 bridgehead atoms. The van der Waals surface area contributed by atoms with Crippen molar-refractivity contribution in [1.29, 1.82) is 0 Å². The van der Waals surface area contributed by atoms with E-state index in [4.69, 9.17) is 16.6 Å². The first kappa shape index (κ1) is 24.7. The van der Waals surface area contributed by atoms with Crippen LogP contribution >= 0.6 is 11.6 Å². The van der Waals surface area contributed by atoms with Gasteiger partial charge in [0.15, 0.2) is 0 Å². The number of rotatable bonds is 4. The Bertz CT molecular complexity index is 1190. The molecule has 0 aliphatic carbocycles. The van der Waals surface area contributed by atoms with Crippen LogP contribution in [0.15, 0.2) is 79.0 Å². The molecule has 2 heterocycles. The first-order valence-corrected chi connectivity index (χ1v) is 11.9. The predicted molar refractivity (Wildman–Crippen MR) is 142 cm³/mol. The average Bonchev–Trinajstić information content (AvgIpc) is 2.81. The summed E-state index contributed by atoms with van der Waals surface area (Å²) in [5.74, 6) is 0.938. The van der Waals surface area contributed by atoms with Crippen molar-refractivity contribution in [3.8, 4) is 22.4 Å². The van der Waals surface area contributed by atoms with Crippen LogP contribution in [0, 0.1) is 13.8 Å². The highest BCUT2D eigenvalue weighted by Gasteiger charge is 2.07. The van der Waals surface area contributed by atoms with Gasteiger partial charge in [0.2, 0.25) is 0 Å². The van der Waals surface area contributed by atoms with Crippen LogP contribution in [0.3, 0.4) is 0 Å². The van der Waals surface area contributed by atoms with Crippen molar-refractivity contribution in [1.82, 2.24) is 9.97 Å². The third-order valence-corrected chi connectivity index (χ3v) is 6.01. The number of aromatic nitrogens is 2. The van der Waals surface area contributed by atoms with Crippen LogP contribution in [0.1, 0.15) is 62.0 Å². The summed E-state index contributed by atoms with van der Waals surface area (Å²) in [6.07, 6.45) is 1.90. The van der Waals surface area contributed by atoms with Crippen LogP contribution < -0.4 is 0 Å². The maximum atomic E-state index is 5.96. The summed E-state index contributed by atoms with van der Waals surface area (Å²) in [7, 11) is 0. The van der Waals surface area contributed by atoms with Gasteiger partial charge in [-0.3, -0.25) is 9.97 Å². The molecule has 170 valence electrons. The summed E-state index contributed by atoms with van der Waals surface area (Å²) in [5, 5.41) is 0.755. The third kappa shape index (κ3) is 6.52. The lowest BCUT2D eigenvalue weighted by Crippen LogP contribution is -1.95. The molecular formula is C30H33ClN2. The molecule has 0 aliphatic heterocycles. The molecule has 4 aromatic rings. The van der Waals surface area contributed by atoms with Crippen molar-refractivity contribution in [2.24, 2.45) is 0 Å². The van der Waals surface area contributed by atoms with E-state index in [2.05, 4.69) is 95.1 Å². The van der Waals surface area contributed by atoms with Gasteiger partial charge in [-0.1, -0.05) is 81.8 Å². The van der Waals surface area contributed by atoms with Crippen LogP contribution in [0.4, 0.5) is 0 Å². The van der Waals surface area contributed by atoms with E-state index < -0.39 is 0 Å². The summed E-state index contributed by atoms with van der Waals surface area (Å²) >= 11 is 5.96. The highest BCUT2D eigenvalue weighted by molar-refractivity contribution is 6.30. The van der Waals surface area contributed by atoms with E-state index in [9.17, 15) is 0 Å². The summed E-state index contributed by atoms with van der Waals surface area (Å²) in [6.45, 7) is 12.9. The predicted octanol–water partition coefficient (Wildman–Crippen LogP) is 9.01. The van der Waals surface area contributed by atoms with Crippen LogP contribution in [0.2, 0.25) is 5.02 Å². The summed E-state index contributed by atoms with van der Waals surface area (Å²) < 4.78 is 0. The molecule has 0 atom stereocenters. The minimum Gasteiger partial charge on any atom is -0.260 e. The van der Waals surface area contributed by atoms with E-state index in [-0.39, 0.29) is 0 Å². The van der Waals surface area contributed by atoms with E-state index in [1.807, 2.05) is 30.5 Å². The van der Waals surface area contributed by atoms with Crippen LogP contribution in [-0.4, -0.2) is 9.97 Å². The SMILES string of the molecule is CC(C)c1ccc(-c2cccc(Cl)c2)cn1.Cc1cccc(-c2cccc(C(C)C)n2)c1C. The summed E-state index contributed by atoms with van der Waals surface area (Å²) in [6, 6.07) is 24.7. The minimum absolute atomic E-state index is 0.466. The maximum Gasteiger partial charge on any atom is 0.0708 e. The highest BCUT2D eigenvalue weighted by atomic mass is 35.5. The normalized spacial score (nSPS) is 10.8. The zero-order valence-electron chi connectivity index (χ0n) is 20.4. The van der Waals surface area contributed by atoms with Crippen molar-refractivity contribution in [2.75, 3.05) is 0 Å². The fourth-order valence-electron chi connectivity index (χ4n) is 3.54. The van der Waals surface area contributed by atoms with Gasteiger partial charge in [-0.15, -0.1) is 0 Å². The zero-order chi connectivity index (χ0) is 24.0. The maximum absolute atomic E-state index is 5.96. The number of hydrogen-bond donors (Lipinski definition) is 0.